The third kappa shape index (κ3) is 3.48. The van der Waals surface area contributed by atoms with E-state index in [2.05, 4.69) is 0 Å². The SMILES string of the molecule is CC(C)N(CC(F)(F)F)c1cc(F)cc(F)c1N. The Labute approximate surface area is 101 Å². The molecule has 0 aliphatic carbocycles. The van der Waals surface area contributed by atoms with Gasteiger partial charge in [-0.05, 0) is 19.9 Å². The Kier molecular flexibility index (Phi) is 4.03. The van der Waals surface area contributed by atoms with Crippen LogP contribution in [0.25, 0.3) is 0 Å². The van der Waals surface area contributed by atoms with E-state index in [4.69, 9.17) is 5.73 Å². The summed E-state index contributed by atoms with van der Waals surface area (Å²) in [5.41, 5.74) is 4.58. The molecule has 2 N–H and O–H groups in total. The second-order valence-electron chi connectivity index (χ2n) is 4.16. The Hall–Kier alpha value is -1.53. The van der Waals surface area contributed by atoms with Gasteiger partial charge in [0.1, 0.15) is 12.4 Å². The summed E-state index contributed by atoms with van der Waals surface area (Å²) in [4.78, 5) is 0.807. The van der Waals surface area contributed by atoms with Gasteiger partial charge in [-0.1, -0.05) is 0 Å². The van der Waals surface area contributed by atoms with E-state index in [-0.39, 0.29) is 5.69 Å². The molecule has 0 aliphatic heterocycles. The van der Waals surface area contributed by atoms with Crippen LogP contribution in [0.2, 0.25) is 0 Å². The molecule has 0 unspecified atom stereocenters. The van der Waals surface area contributed by atoms with Crippen LogP contribution in [0.3, 0.4) is 0 Å². The van der Waals surface area contributed by atoms with Gasteiger partial charge in [-0.25, -0.2) is 8.78 Å². The highest BCUT2D eigenvalue weighted by Crippen LogP contribution is 2.31. The van der Waals surface area contributed by atoms with Crippen molar-refractivity contribution in [2.75, 3.05) is 17.2 Å². The summed E-state index contributed by atoms with van der Waals surface area (Å²) in [6, 6.07) is 0.727. The molecule has 0 radical (unpaired) electrons. The zero-order chi connectivity index (χ0) is 14.1. The van der Waals surface area contributed by atoms with Crippen molar-refractivity contribution in [3.8, 4) is 0 Å². The predicted octanol–water partition coefficient (Wildman–Crippen LogP) is 3.32. The molecular formula is C11H13F5N2. The van der Waals surface area contributed by atoms with E-state index in [0.29, 0.717) is 6.07 Å². The summed E-state index contributed by atoms with van der Waals surface area (Å²) < 4.78 is 63.5. The summed E-state index contributed by atoms with van der Waals surface area (Å²) in [6.07, 6.45) is -4.49. The van der Waals surface area contributed by atoms with Gasteiger partial charge in [-0.3, -0.25) is 0 Å². The smallest absolute Gasteiger partial charge is 0.395 e. The zero-order valence-corrected chi connectivity index (χ0v) is 9.85. The normalized spacial score (nSPS) is 12.0. The van der Waals surface area contributed by atoms with Crippen molar-refractivity contribution < 1.29 is 22.0 Å². The van der Waals surface area contributed by atoms with Crippen molar-refractivity contribution in [1.82, 2.24) is 0 Å². The number of nitrogen functional groups attached to an aromatic ring is 1. The average Bonchev–Trinajstić information content (AvgIpc) is 2.18. The van der Waals surface area contributed by atoms with E-state index < -0.39 is 36.1 Å². The second kappa shape index (κ2) is 4.99. The zero-order valence-electron chi connectivity index (χ0n) is 9.85. The number of nitrogens with zero attached hydrogens (tertiary/aromatic N) is 1. The van der Waals surface area contributed by atoms with E-state index in [1.165, 1.54) is 13.8 Å². The highest BCUT2D eigenvalue weighted by Gasteiger charge is 2.33. The molecule has 0 saturated carbocycles. The topological polar surface area (TPSA) is 29.3 Å². The highest BCUT2D eigenvalue weighted by molar-refractivity contribution is 5.68. The Morgan fingerprint density at radius 2 is 1.78 bits per heavy atom. The predicted molar refractivity (Wildman–Crippen MR) is 59.3 cm³/mol. The molecule has 0 heterocycles. The largest absolute Gasteiger partial charge is 0.405 e. The fraction of sp³-hybridized carbons (Fsp3) is 0.455. The van der Waals surface area contributed by atoms with Crippen molar-refractivity contribution in [1.29, 1.82) is 0 Å². The van der Waals surface area contributed by atoms with Crippen molar-refractivity contribution in [2.45, 2.75) is 26.1 Å². The average molecular weight is 268 g/mol. The van der Waals surface area contributed by atoms with Gasteiger partial charge in [0, 0.05) is 12.1 Å². The van der Waals surface area contributed by atoms with Crippen LogP contribution >= 0.6 is 0 Å². The van der Waals surface area contributed by atoms with Crippen LogP contribution in [-0.2, 0) is 0 Å². The van der Waals surface area contributed by atoms with Crippen LogP contribution in [0, 0.1) is 11.6 Å². The number of nitrogens with two attached hydrogens (primary N) is 1. The van der Waals surface area contributed by atoms with Crippen LogP contribution in [0.15, 0.2) is 12.1 Å². The number of anilines is 2. The number of benzene rings is 1. The van der Waals surface area contributed by atoms with E-state index >= 15 is 0 Å². The first-order valence-electron chi connectivity index (χ1n) is 5.19. The van der Waals surface area contributed by atoms with Crippen LogP contribution in [0.5, 0.6) is 0 Å². The van der Waals surface area contributed by atoms with Gasteiger partial charge >= 0.3 is 6.18 Å². The van der Waals surface area contributed by atoms with Gasteiger partial charge in [-0.2, -0.15) is 13.2 Å². The first-order valence-corrected chi connectivity index (χ1v) is 5.19. The van der Waals surface area contributed by atoms with Gasteiger partial charge in [0.2, 0.25) is 0 Å². The molecule has 7 heteroatoms. The first kappa shape index (κ1) is 14.5. The quantitative estimate of drug-likeness (QED) is 0.673. The molecule has 0 saturated heterocycles. The molecule has 0 fully saturated rings. The molecule has 0 spiro atoms. The molecule has 0 aromatic heterocycles. The lowest BCUT2D eigenvalue weighted by atomic mass is 10.2. The summed E-state index contributed by atoms with van der Waals surface area (Å²) in [5, 5.41) is 0. The number of halogens is 5. The van der Waals surface area contributed by atoms with Gasteiger partial charge < -0.3 is 10.6 Å². The van der Waals surface area contributed by atoms with Crippen molar-refractivity contribution in [3.05, 3.63) is 23.8 Å². The minimum absolute atomic E-state index is 0.292. The number of hydrogen-bond acceptors (Lipinski definition) is 2. The Morgan fingerprint density at radius 1 is 1.22 bits per heavy atom. The van der Waals surface area contributed by atoms with Crippen LogP contribution in [0.1, 0.15) is 13.8 Å². The maximum absolute atomic E-state index is 13.2. The molecule has 0 amide bonds. The van der Waals surface area contributed by atoms with Gasteiger partial charge in [0.25, 0.3) is 0 Å². The van der Waals surface area contributed by atoms with Crippen molar-refractivity contribution in [3.63, 3.8) is 0 Å². The third-order valence-corrected chi connectivity index (χ3v) is 2.35. The van der Waals surface area contributed by atoms with Crippen LogP contribution in [-0.4, -0.2) is 18.8 Å². The number of rotatable bonds is 3. The summed E-state index contributed by atoms with van der Waals surface area (Å²) >= 11 is 0. The lowest BCUT2D eigenvalue weighted by Gasteiger charge is -2.31. The summed E-state index contributed by atoms with van der Waals surface area (Å²) in [6.45, 7) is 1.64. The Balaban J connectivity index is 3.22. The molecule has 2 nitrogen and oxygen atoms in total. The minimum Gasteiger partial charge on any atom is -0.395 e. The van der Waals surface area contributed by atoms with Crippen LogP contribution < -0.4 is 10.6 Å². The lowest BCUT2D eigenvalue weighted by Crippen LogP contribution is -2.39. The van der Waals surface area contributed by atoms with Gasteiger partial charge in [-0.15, -0.1) is 0 Å². The van der Waals surface area contributed by atoms with Crippen LogP contribution in [0.4, 0.5) is 33.3 Å². The molecule has 1 aromatic rings. The van der Waals surface area contributed by atoms with Gasteiger partial charge in [0.15, 0.2) is 5.82 Å². The summed E-state index contributed by atoms with van der Waals surface area (Å²) in [7, 11) is 0. The Bertz CT molecular complexity index is 428. The van der Waals surface area contributed by atoms with Crippen molar-refractivity contribution >= 4 is 11.4 Å². The number of hydrogen-bond donors (Lipinski definition) is 1. The maximum Gasteiger partial charge on any atom is 0.405 e. The maximum atomic E-state index is 13.2. The highest BCUT2D eigenvalue weighted by atomic mass is 19.4. The van der Waals surface area contributed by atoms with E-state index in [1.807, 2.05) is 0 Å². The lowest BCUT2D eigenvalue weighted by molar-refractivity contribution is -0.120. The molecule has 0 aliphatic rings. The van der Waals surface area contributed by atoms with E-state index in [0.717, 1.165) is 11.0 Å². The standard InChI is InChI=1S/C11H13F5N2/c1-6(2)18(5-11(14,15)16)9-4-7(12)3-8(13)10(9)17/h3-4,6H,5,17H2,1-2H3. The first-order chi connectivity index (χ1) is 8.11. The van der Waals surface area contributed by atoms with Crippen molar-refractivity contribution in [2.24, 2.45) is 0 Å². The number of alkyl halides is 3. The molecule has 18 heavy (non-hydrogen) atoms. The van der Waals surface area contributed by atoms with E-state index in [1.54, 1.807) is 0 Å². The fourth-order valence-electron chi connectivity index (χ4n) is 1.55. The van der Waals surface area contributed by atoms with E-state index in [9.17, 15) is 22.0 Å². The van der Waals surface area contributed by atoms with Gasteiger partial charge in [0.05, 0.1) is 11.4 Å². The molecular weight excluding hydrogens is 255 g/mol. The molecule has 102 valence electrons. The Morgan fingerprint density at radius 3 is 2.22 bits per heavy atom. The fourth-order valence-corrected chi connectivity index (χ4v) is 1.55. The monoisotopic (exact) mass is 268 g/mol. The third-order valence-electron chi connectivity index (χ3n) is 2.35. The molecule has 0 bridgehead atoms. The molecule has 1 rings (SSSR count). The second-order valence-corrected chi connectivity index (χ2v) is 4.16. The molecule has 1 aromatic carbocycles. The summed E-state index contributed by atoms with van der Waals surface area (Å²) in [5.74, 6) is -2.04. The minimum atomic E-state index is -4.49. The molecule has 0 atom stereocenters.